The van der Waals surface area contributed by atoms with Crippen LogP contribution in [-0.4, -0.2) is 47.8 Å². The molecule has 6 nitrogen and oxygen atoms in total. The second kappa shape index (κ2) is 5.27. The number of aliphatic hydroxyl groups is 1. The Kier molecular flexibility index (Phi) is 4.26. The summed E-state index contributed by atoms with van der Waals surface area (Å²) in [5, 5.41) is 23.0. The lowest BCUT2D eigenvalue weighted by molar-refractivity contribution is -0.145. The van der Waals surface area contributed by atoms with Crippen LogP contribution in [0.2, 0.25) is 0 Å². The van der Waals surface area contributed by atoms with Crippen molar-refractivity contribution < 1.29 is 19.8 Å². The van der Waals surface area contributed by atoms with E-state index >= 15 is 0 Å². The topological polar surface area (TPSA) is 98.7 Å². The Bertz CT molecular complexity index is 274. The largest absolute Gasteiger partial charge is 0.480 e. The highest BCUT2D eigenvalue weighted by atomic mass is 16.4. The normalized spacial score (nSPS) is 21.1. The molecule has 92 valence electrons. The van der Waals surface area contributed by atoms with Gasteiger partial charge in [-0.15, -0.1) is 0 Å². The molecule has 0 spiro atoms. The van der Waals surface area contributed by atoms with Crippen molar-refractivity contribution in [2.24, 2.45) is 5.41 Å². The van der Waals surface area contributed by atoms with Gasteiger partial charge in [0.15, 0.2) is 0 Å². The summed E-state index contributed by atoms with van der Waals surface area (Å²) in [5.74, 6) is -1.51. The minimum atomic E-state index is -1.21. The molecule has 0 bridgehead atoms. The van der Waals surface area contributed by atoms with Gasteiger partial charge >= 0.3 is 5.97 Å². The summed E-state index contributed by atoms with van der Waals surface area (Å²) in [7, 11) is 0. The van der Waals surface area contributed by atoms with Crippen molar-refractivity contribution >= 4 is 11.9 Å². The summed E-state index contributed by atoms with van der Waals surface area (Å²) >= 11 is 0. The third-order valence-electron chi connectivity index (χ3n) is 3.04. The molecule has 0 unspecified atom stereocenters. The van der Waals surface area contributed by atoms with E-state index in [1.54, 1.807) is 0 Å². The molecule has 0 saturated carbocycles. The van der Waals surface area contributed by atoms with Crippen molar-refractivity contribution in [3.8, 4) is 0 Å². The molecule has 0 aromatic heterocycles. The lowest BCUT2D eigenvalue weighted by atomic mass is 9.80. The van der Waals surface area contributed by atoms with Crippen molar-refractivity contribution in [2.75, 3.05) is 19.7 Å². The van der Waals surface area contributed by atoms with Gasteiger partial charge in [0.05, 0.1) is 6.61 Å². The van der Waals surface area contributed by atoms with E-state index in [1.807, 2.05) is 6.92 Å². The van der Waals surface area contributed by atoms with E-state index < -0.39 is 24.0 Å². The minimum Gasteiger partial charge on any atom is -0.480 e. The molecule has 1 saturated heterocycles. The Morgan fingerprint density at radius 1 is 1.44 bits per heavy atom. The average molecular weight is 230 g/mol. The highest BCUT2D eigenvalue weighted by Crippen LogP contribution is 2.27. The van der Waals surface area contributed by atoms with Crippen LogP contribution in [0.3, 0.4) is 0 Å². The van der Waals surface area contributed by atoms with E-state index in [9.17, 15) is 9.59 Å². The molecular formula is C10H18N2O4. The average Bonchev–Trinajstić information content (AvgIpc) is 2.26. The first kappa shape index (κ1) is 12.9. The molecule has 0 aromatic rings. The van der Waals surface area contributed by atoms with Gasteiger partial charge in [-0.2, -0.15) is 0 Å². The predicted octanol–water partition coefficient (Wildman–Crippen LogP) is -1.06. The van der Waals surface area contributed by atoms with Gasteiger partial charge in [-0.3, -0.25) is 4.79 Å². The summed E-state index contributed by atoms with van der Waals surface area (Å²) in [6, 6.07) is -1.21. The smallest absolute Gasteiger partial charge is 0.328 e. The minimum absolute atomic E-state index is 0.296. The molecule has 1 fully saturated rings. The third-order valence-corrected chi connectivity index (χ3v) is 3.04. The van der Waals surface area contributed by atoms with Gasteiger partial charge in [0.1, 0.15) is 6.04 Å². The maximum atomic E-state index is 11.9. The summed E-state index contributed by atoms with van der Waals surface area (Å²) in [4.78, 5) is 22.5. The highest BCUT2D eigenvalue weighted by molar-refractivity contribution is 5.87. The fourth-order valence-corrected chi connectivity index (χ4v) is 1.72. The van der Waals surface area contributed by atoms with Crippen LogP contribution in [0.25, 0.3) is 0 Å². The molecule has 1 atom stereocenters. The molecule has 1 amide bonds. The van der Waals surface area contributed by atoms with Crippen LogP contribution in [0, 0.1) is 5.41 Å². The zero-order chi connectivity index (χ0) is 12.2. The third kappa shape index (κ3) is 2.93. The van der Waals surface area contributed by atoms with Crippen LogP contribution >= 0.6 is 0 Å². The highest BCUT2D eigenvalue weighted by Gasteiger charge is 2.36. The number of aliphatic hydroxyl groups excluding tert-OH is 1. The molecular weight excluding hydrogens is 212 g/mol. The number of piperidine rings is 1. The van der Waals surface area contributed by atoms with Gasteiger partial charge in [0.25, 0.3) is 0 Å². The predicted molar refractivity (Wildman–Crippen MR) is 56.9 cm³/mol. The van der Waals surface area contributed by atoms with Crippen molar-refractivity contribution in [3.63, 3.8) is 0 Å². The Morgan fingerprint density at radius 3 is 2.44 bits per heavy atom. The van der Waals surface area contributed by atoms with Crippen LogP contribution in [0.5, 0.6) is 0 Å². The fraction of sp³-hybridized carbons (Fsp3) is 0.800. The molecule has 1 rings (SSSR count). The maximum absolute atomic E-state index is 11.9. The van der Waals surface area contributed by atoms with Gasteiger partial charge in [-0.05, 0) is 25.9 Å². The van der Waals surface area contributed by atoms with Crippen LogP contribution in [-0.2, 0) is 9.59 Å². The van der Waals surface area contributed by atoms with Gasteiger partial charge < -0.3 is 20.8 Å². The molecule has 4 N–H and O–H groups in total. The molecule has 6 heteroatoms. The summed E-state index contributed by atoms with van der Waals surface area (Å²) in [6.45, 7) is 2.73. The number of hydrogen-bond donors (Lipinski definition) is 4. The zero-order valence-corrected chi connectivity index (χ0v) is 9.32. The lowest BCUT2D eigenvalue weighted by Gasteiger charge is -2.33. The van der Waals surface area contributed by atoms with Crippen LogP contribution in [0.15, 0.2) is 0 Å². The number of carboxylic acid groups (broad SMARTS) is 1. The number of amides is 1. The van der Waals surface area contributed by atoms with E-state index in [2.05, 4.69) is 10.6 Å². The van der Waals surface area contributed by atoms with Crippen molar-refractivity contribution in [3.05, 3.63) is 0 Å². The van der Waals surface area contributed by atoms with Crippen LogP contribution in [0.1, 0.15) is 19.8 Å². The number of carbonyl (C=O) groups is 2. The van der Waals surface area contributed by atoms with Crippen molar-refractivity contribution in [1.82, 2.24) is 10.6 Å². The van der Waals surface area contributed by atoms with Gasteiger partial charge in [0, 0.05) is 5.41 Å². The Morgan fingerprint density at radius 2 is 2.00 bits per heavy atom. The number of rotatable bonds is 4. The maximum Gasteiger partial charge on any atom is 0.328 e. The molecule has 1 aliphatic rings. The first-order valence-corrected chi connectivity index (χ1v) is 5.35. The first-order chi connectivity index (χ1) is 7.49. The number of carboxylic acids is 1. The standard InChI is InChI=1S/C10H18N2O4/c1-10(2-4-11-5-3-10)9(16)12-7(6-13)8(14)15/h7,11,13H,2-6H2,1H3,(H,12,16)(H,14,15)/t7-/m1/s1. The summed E-state index contributed by atoms with van der Waals surface area (Å²) in [5.41, 5.74) is -0.534. The van der Waals surface area contributed by atoms with E-state index in [1.165, 1.54) is 0 Å². The van der Waals surface area contributed by atoms with Crippen molar-refractivity contribution in [1.29, 1.82) is 0 Å². The second-order valence-corrected chi connectivity index (χ2v) is 4.36. The van der Waals surface area contributed by atoms with Crippen molar-refractivity contribution in [2.45, 2.75) is 25.8 Å². The number of aliphatic carboxylic acids is 1. The summed E-state index contributed by atoms with van der Waals surface area (Å²) < 4.78 is 0. The molecule has 0 aliphatic carbocycles. The first-order valence-electron chi connectivity index (χ1n) is 5.35. The SMILES string of the molecule is CC1(C(=O)N[C@H](CO)C(=O)O)CCNCC1. The van der Waals surface area contributed by atoms with Crippen LogP contribution in [0.4, 0.5) is 0 Å². The van der Waals surface area contributed by atoms with E-state index in [0.29, 0.717) is 12.8 Å². The second-order valence-electron chi connectivity index (χ2n) is 4.36. The van der Waals surface area contributed by atoms with E-state index in [4.69, 9.17) is 10.2 Å². The van der Waals surface area contributed by atoms with E-state index in [0.717, 1.165) is 13.1 Å². The number of nitrogens with one attached hydrogen (secondary N) is 2. The molecule has 0 aromatic carbocycles. The quantitative estimate of drug-likeness (QED) is 0.493. The molecule has 1 aliphatic heterocycles. The molecule has 1 heterocycles. The fourth-order valence-electron chi connectivity index (χ4n) is 1.72. The summed E-state index contributed by atoms with van der Waals surface area (Å²) in [6.07, 6.45) is 1.35. The van der Waals surface area contributed by atoms with Crippen LogP contribution < -0.4 is 10.6 Å². The van der Waals surface area contributed by atoms with E-state index in [-0.39, 0.29) is 5.91 Å². The molecule has 0 radical (unpaired) electrons. The molecule has 16 heavy (non-hydrogen) atoms. The lowest BCUT2D eigenvalue weighted by Crippen LogP contribution is -2.52. The Balaban J connectivity index is 2.59. The van der Waals surface area contributed by atoms with Gasteiger partial charge in [-0.1, -0.05) is 6.92 Å². The number of hydrogen-bond acceptors (Lipinski definition) is 4. The zero-order valence-electron chi connectivity index (χ0n) is 9.32. The monoisotopic (exact) mass is 230 g/mol. The Hall–Kier alpha value is -1.14. The van der Waals surface area contributed by atoms with Gasteiger partial charge in [-0.25, -0.2) is 4.79 Å². The number of carbonyl (C=O) groups excluding carboxylic acids is 1. The van der Waals surface area contributed by atoms with Gasteiger partial charge in [0.2, 0.25) is 5.91 Å². The Labute approximate surface area is 94.0 Å².